The zero-order valence-electron chi connectivity index (χ0n) is 9.54. The van der Waals surface area contributed by atoms with E-state index in [1.807, 2.05) is 0 Å². The Morgan fingerprint density at radius 1 is 1.41 bits per heavy atom. The molecule has 0 radical (unpaired) electrons. The summed E-state index contributed by atoms with van der Waals surface area (Å²) in [5, 5.41) is 20.0. The van der Waals surface area contributed by atoms with Gasteiger partial charge < -0.3 is 20.8 Å². The normalized spacial score (nSPS) is 11.5. The van der Waals surface area contributed by atoms with Crippen molar-refractivity contribution < 1.29 is 15.1 Å². The maximum Gasteiger partial charge on any atom is 0.213 e. The molecule has 6 heteroatoms. The summed E-state index contributed by atoms with van der Waals surface area (Å²) in [5.74, 6) is 0.468. The van der Waals surface area contributed by atoms with Gasteiger partial charge in [0.05, 0.1) is 6.61 Å². The van der Waals surface area contributed by atoms with E-state index in [2.05, 4.69) is 10.1 Å². The Kier molecular flexibility index (Phi) is 5.81. The van der Waals surface area contributed by atoms with E-state index in [9.17, 15) is 0 Å². The molecule has 0 atom stereocenters. The highest BCUT2D eigenvalue weighted by atomic mass is 16.5. The van der Waals surface area contributed by atoms with E-state index in [1.54, 1.807) is 12.1 Å². The lowest BCUT2D eigenvalue weighted by molar-refractivity contribution is 0.262. The number of pyridine rings is 1. The van der Waals surface area contributed by atoms with Crippen LogP contribution in [0, 0.1) is 0 Å². The number of rotatable bonds is 7. The number of nitrogens with two attached hydrogens (primary N) is 1. The Balaban J connectivity index is 2.43. The van der Waals surface area contributed by atoms with Crippen molar-refractivity contribution in [2.75, 3.05) is 13.2 Å². The van der Waals surface area contributed by atoms with E-state index in [1.165, 1.54) is 6.20 Å². The van der Waals surface area contributed by atoms with E-state index in [-0.39, 0.29) is 12.4 Å². The Morgan fingerprint density at radius 3 is 2.94 bits per heavy atom. The number of nitrogens with zero attached hydrogens (tertiary/aromatic N) is 2. The maximum absolute atomic E-state index is 8.60. The Morgan fingerprint density at radius 2 is 2.24 bits per heavy atom. The van der Waals surface area contributed by atoms with Crippen molar-refractivity contribution >= 4 is 5.84 Å². The van der Waals surface area contributed by atoms with Crippen LogP contribution in [0.5, 0.6) is 5.88 Å². The number of hydrogen-bond donors (Lipinski definition) is 3. The second-order valence-corrected chi connectivity index (χ2v) is 3.50. The summed E-state index contributed by atoms with van der Waals surface area (Å²) in [6.45, 7) is 0.740. The average Bonchev–Trinajstić information content (AvgIpc) is 2.38. The molecule has 0 amide bonds. The number of hydrogen-bond acceptors (Lipinski definition) is 5. The summed E-state index contributed by atoms with van der Waals surface area (Å²) in [6, 6.07) is 3.24. The molecule has 6 nitrogen and oxygen atoms in total. The van der Waals surface area contributed by atoms with Crippen LogP contribution in [0.15, 0.2) is 23.5 Å². The van der Waals surface area contributed by atoms with Crippen molar-refractivity contribution in [3.8, 4) is 5.88 Å². The predicted octanol–water partition coefficient (Wildman–Crippen LogP) is 0.717. The minimum atomic E-state index is 0.0255. The average molecular weight is 239 g/mol. The third kappa shape index (κ3) is 4.69. The zero-order valence-corrected chi connectivity index (χ0v) is 9.54. The van der Waals surface area contributed by atoms with Crippen LogP contribution in [0.3, 0.4) is 0 Å². The van der Waals surface area contributed by atoms with Gasteiger partial charge in [0.1, 0.15) is 0 Å². The van der Waals surface area contributed by atoms with Crippen LogP contribution in [0.4, 0.5) is 0 Å². The van der Waals surface area contributed by atoms with Gasteiger partial charge in [-0.2, -0.15) is 0 Å². The third-order valence-corrected chi connectivity index (χ3v) is 2.19. The molecule has 0 saturated carbocycles. The Labute approximate surface area is 99.7 Å². The summed E-state index contributed by atoms with van der Waals surface area (Å²) in [5.41, 5.74) is 6.01. The van der Waals surface area contributed by atoms with Crippen molar-refractivity contribution in [2.45, 2.75) is 19.3 Å². The van der Waals surface area contributed by atoms with Gasteiger partial charge >= 0.3 is 0 Å². The minimum absolute atomic E-state index is 0.0255. The standard InChI is InChI=1S/C11H17N3O3/c12-11(14-16)9-4-5-13-10(8-9)17-7-3-1-2-6-15/h4-5,8,15-16H,1-3,6-7H2,(H2,12,14). The third-order valence-electron chi connectivity index (χ3n) is 2.19. The Bertz CT molecular complexity index is 369. The second kappa shape index (κ2) is 7.45. The van der Waals surface area contributed by atoms with Crippen molar-refractivity contribution in [1.82, 2.24) is 4.98 Å². The molecule has 0 aliphatic carbocycles. The summed E-state index contributed by atoms with van der Waals surface area (Å²) in [6.07, 6.45) is 4.09. The largest absolute Gasteiger partial charge is 0.478 e. The first-order valence-electron chi connectivity index (χ1n) is 5.45. The van der Waals surface area contributed by atoms with E-state index in [0.29, 0.717) is 18.1 Å². The highest BCUT2D eigenvalue weighted by molar-refractivity contribution is 5.97. The monoisotopic (exact) mass is 239 g/mol. The van der Waals surface area contributed by atoms with E-state index < -0.39 is 0 Å². The fraction of sp³-hybridized carbons (Fsp3) is 0.455. The fourth-order valence-electron chi connectivity index (χ4n) is 1.27. The van der Waals surface area contributed by atoms with Crippen LogP contribution < -0.4 is 10.5 Å². The van der Waals surface area contributed by atoms with Gasteiger partial charge in [-0.1, -0.05) is 5.16 Å². The maximum atomic E-state index is 8.60. The molecule has 1 aromatic heterocycles. The van der Waals surface area contributed by atoms with Crippen LogP contribution in [0.1, 0.15) is 24.8 Å². The first kappa shape index (κ1) is 13.2. The molecule has 0 spiro atoms. The van der Waals surface area contributed by atoms with Crippen LogP contribution in [-0.4, -0.2) is 34.3 Å². The van der Waals surface area contributed by atoms with E-state index in [0.717, 1.165) is 19.3 Å². The SMILES string of the molecule is N/C(=N/O)c1ccnc(OCCCCCO)c1. The number of aliphatic hydroxyl groups excluding tert-OH is 1. The van der Waals surface area contributed by atoms with Gasteiger partial charge in [0, 0.05) is 24.4 Å². The lowest BCUT2D eigenvalue weighted by atomic mass is 10.2. The van der Waals surface area contributed by atoms with Gasteiger partial charge in [0.15, 0.2) is 5.84 Å². The number of ether oxygens (including phenoxy) is 1. The van der Waals surface area contributed by atoms with Gasteiger partial charge in [0.2, 0.25) is 5.88 Å². The molecule has 0 aliphatic heterocycles. The molecule has 0 aromatic carbocycles. The molecule has 0 saturated heterocycles. The summed E-state index contributed by atoms with van der Waals surface area (Å²) in [4.78, 5) is 4.01. The molecule has 1 rings (SSSR count). The van der Waals surface area contributed by atoms with Gasteiger partial charge in [0.25, 0.3) is 0 Å². The Hall–Kier alpha value is -1.82. The van der Waals surface area contributed by atoms with E-state index >= 15 is 0 Å². The molecule has 17 heavy (non-hydrogen) atoms. The van der Waals surface area contributed by atoms with Crippen molar-refractivity contribution in [1.29, 1.82) is 0 Å². The summed E-state index contributed by atoms with van der Waals surface area (Å²) >= 11 is 0. The van der Waals surface area contributed by atoms with Crippen LogP contribution in [0.25, 0.3) is 0 Å². The lowest BCUT2D eigenvalue weighted by Gasteiger charge is -2.06. The fourth-order valence-corrected chi connectivity index (χ4v) is 1.27. The summed E-state index contributed by atoms with van der Waals surface area (Å²) in [7, 11) is 0. The van der Waals surface area contributed by atoms with Gasteiger partial charge in [-0.25, -0.2) is 4.98 Å². The molecular formula is C11H17N3O3. The molecule has 1 aromatic rings. The molecule has 0 fully saturated rings. The number of aliphatic hydroxyl groups is 1. The topological polar surface area (TPSA) is 101 Å². The van der Waals surface area contributed by atoms with Crippen molar-refractivity contribution in [3.05, 3.63) is 23.9 Å². The number of amidine groups is 1. The van der Waals surface area contributed by atoms with Gasteiger partial charge in [-0.15, -0.1) is 0 Å². The smallest absolute Gasteiger partial charge is 0.213 e. The van der Waals surface area contributed by atoms with Gasteiger partial charge in [-0.3, -0.25) is 0 Å². The molecular weight excluding hydrogens is 222 g/mol. The molecule has 1 heterocycles. The highest BCUT2D eigenvalue weighted by Gasteiger charge is 2.02. The first-order chi connectivity index (χ1) is 8.27. The quantitative estimate of drug-likeness (QED) is 0.214. The van der Waals surface area contributed by atoms with Crippen molar-refractivity contribution in [2.24, 2.45) is 10.9 Å². The number of aromatic nitrogens is 1. The minimum Gasteiger partial charge on any atom is -0.478 e. The predicted molar refractivity (Wildman–Crippen MR) is 63.2 cm³/mol. The number of unbranched alkanes of at least 4 members (excludes halogenated alkanes) is 2. The first-order valence-corrected chi connectivity index (χ1v) is 5.45. The molecule has 94 valence electrons. The zero-order chi connectivity index (χ0) is 12.5. The highest BCUT2D eigenvalue weighted by Crippen LogP contribution is 2.09. The lowest BCUT2D eigenvalue weighted by Crippen LogP contribution is -2.13. The van der Waals surface area contributed by atoms with Crippen LogP contribution in [-0.2, 0) is 0 Å². The van der Waals surface area contributed by atoms with Crippen molar-refractivity contribution in [3.63, 3.8) is 0 Å². The van der Waals surface area contributed by atoms with Crippen LogP contribution >= 0.6 is 0 Å². The molecule has 0 bridgehead atoms. The molecule has 0 aliphatic rings. The second-order valence-electron chi connectivity index (χ2n) is 3.50. The molecule has 4 N–H and O–H groups in total. The van der Waals surface area contributed by atoms with E-state index in [4.69, 9.17) is 20.8 Å². The summed E-state index contributed by atoms with van der Waals surface area (Å²) < 4.78 is 5.40. The van der Waals surface area contributed by atoms with Gasteiger partial charge in [-0.05, 0) is 25.3 Å². The molecule has 0 unspecified atom stereocenters. The van der Waals surface area contributed by atoms with Crippen LogP contribution in [0.2, 0.25) is 0 Å². The number of oxime groups is 1.